The summed E-state index contributed by atoms with van der Waals surface area (Å²) in [5, 5.41) is 3.60. The average Bonchev–Trinajstić information content (AvgIpc) is 2.53. The van der Waals surface area contributed by atoms with Crippen LogP contribution in [-0.2, 0) is 6.54 Å². The number of carbonyl (C=O) groups excluding carboxylic acids is 1. The second kappa shape index (κ2) is 5.44. The lowest BCUT2D eigenvalue weighted by Gasteiger charge is -2.06. The number of nitrogens with zero attached hydrogens (tertiary/aromatic N) is 3. The third-order valence-electron chi connectivity index (χ3n) is 2.96. The molecule has 0 unspecified atom stereocenters. The van der Waals surface area contributed by atoms with E-state index in [0.717, 1.165) is 16.5 Å². The van der Waals surface area contributed by atoms with Crippen molar-refractivity contribution in [3.05, 3.63) is 66.4 Å². The van der Waals surface area contributed by atoms with Crippen molar-refractivity contribution in [2.75, 3.05) is 0 Å². The highest BCUT2D eigenvalue weighted by atomic mass is 16.1. The summed E-state index contributed by atoms with van der Waals surface area (Å²) >= 11 is 0. The Balaban J connectivity index is 1.82. The Kier molecular flexibility index (Phi) is 3.33. The highest BCUT2D eigenvalue weighted by Crippen LogP contribution is 2.13. The van der Waals surface area contributed by atoms with Gasteiger partial charge >= 0.3 is 0 Å². The fourth-order valence-corrected chi connectivity index (χ4v) is 1.95. The molecular weight excluding hydrogens is 252 g/mol. The van der Waals surface area contributed by atoms with Crippen LogP contribution in [0, 0.1) is 0 Å². The molecular formula is C15H12N4O. The number of para-hydroxylation sites is 1. The molecule has 0 aliphatic rings. The number of pyridine rings is 1. The standard InChI is InChI=1S/C15H12N4O/c20-15(17-9-11-5-7-16-8-6-11)14-12-3-1-2-4-13(12)18-10-19-14/h1-8,10H,9H2,(H,17,20). The number of amides is 1. The van der Waals surface area contributed by atoms with Crippen LogP contribution in [-0.4, -0.2) is 20.9 Å². The maximum atomic E-state index is 12.2. The van der Waals surface area contributed by atoms with Crippen LogP contribution in [0.4, 0.5) is 0 Å². The average molecular weight is 264 g/mol. The van der Waals surface area contributed by atoms with Gasteiger partial charge in [0.1, 0.15) is 12.0 Å². The normalized spacial score (nSPS) is 10.4. The molecule has 3 aromatic rings. The molecule has 0 fully saturated rings. The Morgan fingerprint density at radius 1 is 1.05 bits per heavy atom. The van der Waals surface area contributed by atoms with Gasteiger partial charge in [0.2, 0.25) is 0 Å². The number of hydrogen-bond donors (Lipinski definition) is 1. The molecule has 0 atom stereocenters. The van der Waals surface area contributed by atoms with Gasteiger partial charge in [0, 0.05) is 24.3 Å². The molecule has 5 heteroatoms. The van der Waals surface area contributed by atoms with E-state index in [4.69, 9.17) is 0 Å². The second-order valence-electron chi connectivity index (χ2n) is 4.28. The minimum atomic E-state index is -0.208. The van der Waals surface area contributed by atoms with E-state index in [9.17, 15) is 4.79 Å². The lowest BCUT2D eigenvalue weighted by molar-refractivity contribution is 0.0947. The smallest absolute Gasteiger partial charge is 0.270 e. The highest BCUT2D eigenvalue weighted by molar-refractivity contribution is 6.04. The molecule has 20 heavy (non-hydrogen) atoms. The predicted octanol–water partition coefficient (Wildman–Crippen LogP) is 1.95. The number of fused-ring (bicyclic) bond motifs is 1. The highest BCUT2D eigenvalue weighted by Gasteiger charge is 2.11. The van der Waals surface area contributed by atoms with Crippen LogP contribution in [0.1, 0.15) is 16.1 Å². The van der Waals surface area contributed by atoms with E-state index in [-0.39, 0.29) is 5.91 Å². The molecule has 0 saturated heterocycles. The van der Waals surface area contributed by atoms with Crippen LogP contribution in [0.5, 0.6) is 0 Å². The molecule has 2 heterocycles. The summed E-state index contributed by atoms with van der Waals surface area (Å²) in [6.45, 7) is 0.444. The van der Waals surface area contributed by atoms with Crippen LogP contribution < -0.4 is 5.32 Å². The van der Waals surface area contributed by atoms with Gasteiger partial charge in [0.15, 0.2) is 0 Å². The van der Waals surface area contributed by atoms with E-state index in [2.05, 4.69) is 20.3 Å². The van der Waals surface area contributed by atoms with Crippen molar-refractivity contribution in [1.82, 2.24) is 20.3 Å². The van der Waals surface area contributed by atoms with Crippen molar-refractivity contribution in [2.45, 2.75) is 6.54 Å². The fraction of sp³-hybridized carbons (Fsp3) is 0.0667. The maximum Gasteiger partial charge on any atom is 0.270 e. The zero-order chi connectivity index (χ0) is 13.8. The molecule has 5 nitrogen and oxygen atoms in total. The molecule has 0 aliphatic carbocycles. The van der Waals surface area contributed by atoms with Gasteiger partial charge in [-0.2, -0.15) is 0 Å². The summed E-state index contributed by atoms with van der Waals surface area (Å²) < 4.78 is 0. The van der Waals surface area contributed by atoms with Crippen molar-refractivity contribution in [3.8, 4) is 0 Å². The number of aromatic nitrogens is 3. The Hall–Kier alpha value is -2.82. The zero-order valence-corrected chi connectivity index (χ0v) is 10.7. The summed E-state index contributed by atoms with van der Waals surface area (Å²) in [5.41, 5.74) is 2.15. The first-order valence-corrected chi connectivity index (χ1v) is 6.21. The van der Waals surface area contributed by atoms with Gasteiger partial charge in [0.05, 0.1) is 5.52 Å². The van der Waals surface area contributed by atoms with Crippen LogP contribution in [0.15, 0.2) is 55.1 Å². The van der Waals surface area contributed by atoms with Crippen LogP contribution in [0.25, 0.3) is 10.9 Å². The Labute approximate surface area is 115 Å². The molecule has 0 radical (unpaired) electrons. The largest absolute Gasteiger partial charge is 0.347 e. The molecule has 0 spiro atoms. The first kappa shape index (κ1) is 12.2. The van der Waals surface area contributed by atoms with Crippen molar-refractivity contribution < 1.29 is 4.79 Å². The van der Waals surface area contributed by atoms with Gasteiger partial charge < -0.3 is 5.32 Å². The first-order valence-electron chi connectivity index (χ1n) is 6.21. The van der Waals surface area contributed by atoms with Crippen LogP contribution in [0.2, 0.25) is 0 Å². The van der Waals surface area contributed by atoms with Gasteiger partial charge in [-0.25, -0.2) is 9.97 Å². The molecule has 3 rings (SSSR count). The van der Waals surface area contributed by atoms with E-state index in [1.54, 1.807) is 12.4 Å². The van der Waals surface area contributed by atoms with Crippen molar-refractivity contribution in [2.24, 2.45) is 0 Å². The quantitative estimate of drug-likeness (QED) is 0.785. The molecule has 1 aromatic carbocycles. The Bertz CT molecular complexity index is 738. The summed E-state index contributed by atoms with van der Waals surface area (Å²) in [7, 11) is 0. The molecule has 0 saturated carbocycles. The van der Waals surface area contributed by atoms with Crippen LogP contribution in [0.3, 0.4) is 0 Å². The maximum absolute atomic E-state index is 12.2. The summed E-state index contributed by atoms with van der Waals surface area (Å²) in [6.07, 6.45) is 4.80. The summed E-state index contributed by atoms with van der Waals surface area (Å²) in [5.74, 6) is -0.208. The van der Waals surface area contributed by atoms with Gasteiger partial charge in [-0.3, -0.25) is 9.78 Å². The van der Waals surface area contributed by atoms with E-state index in [1.165, 1.54) is 6.33 Å². The van der Waals surface area contributed by atoms with E-state index >= 15 is 0 Å². The molecule has 2 aromatic heterocycles. The van der Waals surface area contributed by atoms with Crippen molar-refractivity contribution in [3.63, 3.8) is 0 Å². The van der Waals surface area contributed by atoms with Crippen LogP contribution >= 0.6 is 0 Å². The van der Waals surface area contributed by atoms with Gasteiger partial charge in [-0.15, -0.1) is 0 Å². The van der Waals surface area contributed by atoms with Crippen molar-refractivity contribution >= 4 is 16.8 Å². The topological polar surface area (TPSA) is 67.8 Å². The van der Waals surface area contributed by atoms with Crippen molar-refractivity contribution in [1.29, 1.82) is 0 Å². The Morgan fingerprint density at radius 3 is 2.70 bits per heavy atom. The lowest BCUT2D eigenvalue weighted by Crippen LogP contribution is -2.24. The molecule has 1 amide bonds. The zero-order valence-electron chi connectivity index (χ0n) is 10.7. The number of nitrogens with one attached hydrogen (secondary N) is 1. The number of benzene rings is 1. The lowest BCUT2D eigenvalue weighted by atomic mass is 10.2. The van der Waals surface area contributed by atoms with E-state index < -0.39 is 0 Å². The minimum Gasteiger partial charge on any atom is -0.347 e. The molecule has 0 aliphatic heterocycles. The first-order chi connectivity index (χ1) is 9.84. The number of carbonyl (C=O) groups is 1. The summed E-state index contributed by atoms with van der Waals surface area (Å²) in [4.78, 5) is 24.4. The Morgan fingerprint density at radius 2 is 1.85 bits per heavy atom. The summed E-state index contributed by atoms with van der Waals surface area (Å²) in [6, 6.07) is 11.2. The monoisotopic (exact) mass is 264 g/mol. The van der Waals surface area contributed by atoms with E-state index in [1.807, 2.05) is 36.4 Å². The third-order valence-corrected chi connectivity index (χ3v) is 2.96. The van der Waals surface area contributed by atoms with Gasteiger partial charge in [-0.05, 0) is 23.8 Å². The number of rotatable bonds is 3. The van der Waals surface area contributed by atoms with Gasteiger partial charge in [-0.1, -0.05) is 18.2 Å². The minimum absolute atomic E-state index is 0.208. The third kappa shape index (κ3) is 2.47. The molecule has 1 N–H and O–H groups in total. The molecule has 0 bridgehead atoms. The fourth-order valence-electron chi connectivity index (χ4n) is 1.95. The predicted molar refractivity (Wildman–Crippen MR) is 74.9 cm³/mol. The van der Waals surface area contributed by atoms with E-state index in [0.29, 0.717) is 12.2 Å². The second-order valence-corrected chi connectivity index (χ2v) is 4.28. The SMILES string of the molecule is O=C(NCc1ccncc1)c1ncnc2ccccc12. The molecule has 98 valence electrons. The van der Waals surface area contributed by atoms with Gasteiger partial charge in [0.25, 0.3) is 5.91 Å². The number of hydrogen-bond acceptors (Lipinski definition) is 4.